The van der Waals surface area contributed by atoms with E-state index in [0.29, 0.717) is 12.4 Å². The number of rotatable bonds is 6. The van der Waals surface area contributed by atoms with E-state index in [1.807, 2.05) is 6.92 Å². The Balaban J connectivity index is 2.33. The SMILES string of the molecule is Cc1ccc(F)c(OCCCCCBr)c1. The van der Waals surface area contributed by atoms with Crippen molar-refractivity contribution in [3.8, 4) is 5.75 Å². The lowest BCUT2D eigenvalue weighted by molar-refractivity contribution is 0.291. The van der Waals surface area contributed by atoms with Crippen LogP contribution in [0.3, 0.4) is 0 Å². The maximum Gasteiger partial charge on any atom is 0.165 e. The molecule has 0 aliphatic carbocycles. The molecule has 0 saturated carbocycles. The third-order valence-corrected chi connectivity index (χ3v) is 2.68. The Bertz CT molecular complexity index is 302. The Morgan fingerprint density at radius 1 is 1.27 bits per heavy atom. The summed E-state index contributed by atoms with van der Waals surface area (Å²) >= 11 is 3.37. The summed E-state index contributed by atoms with van der Waals surface area (Å²) in [5.41, 5.74) is 1.02. The number of halogens is 2. The molecular formula is C12H16BrFO. The molecular weight excluding hydrogens is 259 g/mol. The van der Waals surface area contributed by atoms with Gasteiger partial charge >= 0.3 is 0 Å². The number of benzene rings is 1. The Labute approximate surface area is 98.8 Å². The van der Waals surface area contributed by atoms with Crippen molar-refractivity contribution in [1.82, 2.24) is 0 Å². The van der Waals surface area contributed by atoms with Crippen LogP contribution in [0, 0.1) is 12.7 Å². The van der Waals surface area contributed by atoms with E-state index in [-0.39, 0.29) is 5.82 Å². The Morgan fingerprint density at radius 3 is 2.80 bits per heavy atom. The summed E-state index contributed by atoms with van der Waals surface area (Å²) in [6.07, 6.45) is 3.22. The molecule has 0 amide bonds. The van der Waals surface area contributed by atoms with Crippen molar-refractivity contribution in [1.29, 1.82) is 0 Å². The normalized spacial score (nSPS) is 10.3. The zero-order chi connectivity index (χ0) is 11.1. The second-order valence-corrected chi connectivity index (χ2v) is 4.32. The lowest BCUT2D eigenvalue weighted by atomic mass is 10.2. The van der Waals surface area contributed by atoms with Gasteiger partial charge < -0.3 is 4.74 Å². The van der Waals surface area contributed by atoms with Gasteiger partial charge in [-0.25, -0.2) is 4.39 Å². The number of aryl methyl sites for hydroxylation is 1. The number of unbranched alkanes of at least 4 members (excludes halogenated alkanes) is 2. The van der Waals surface area contributed by atoms with Crippen LogP contribution in [0.4, 0.5) is 4.39 Å². The first-order valence-electron chi connectivity index (χ1n) is 5.19. The van der Waals surface area contributed by atoms with E-state index in [1.54, 1.807) is 12.1 Å². The first-order chi connectivity index (χ1) is 7.24. The lowest BCUT2D eigenvalue weighted by Gasteiger charge is -2.07. The molecule has 0 fully saturated rings. The zero-order valence-corrected chi connectivity index (χ0v) is 10.5. The van der Waals surface area contributed by atoms with E-state index in [2.05, 4.69) is 15.9 Å². The highest BCUT2D eigenvalue weighted by Gasteiger charge is 2.02. The second kappa shape index (κ2) is 6.83. The molecule has 0 bridgehead atoms. The van der Waals surface area contributed by atoms with E-state index in [1.165, 1.54) is 6.07 Å². The average molecular weight is 275 g/mol. The summed E-state index contributed by atoms with van der Waals surface area (Å²) in [5, 5.41) is 1.02. The first kappa shape index (κ1) is 12.5. The minimum absolute atomic E-state index is 0.277. The van der Waals surface area contributed by atoms with Gasteiger partial charge in [-0.05, 0) is 43.9 Å². The van der Waals surface area contributed by atoms with Gasteiger partial charge in [0.2, 0.25) is 0 Å². The van der Waals surface area contributed by atoms with E-state index in [0.717, 1.165) is 30.2 Å². The van der Waals surface area contributed by atoms with Crippen molar-refractivity contribution < 1.29 is 9.13 Å². The van der Waals surface area contributed by atoms with E-state index in [9.17, 15) is 4.39 Å². The molecule has 1 aromatic rings. The minimum Gasteiger partial charge on any atom is -0.491 e. The molecule has 1 nitrogen and oxygen atoms in total. The van der Waals surface area contributed by atoms with Gasteiger partial charge in [0, 0.05) is 5.33 Å². The Morgan fingerprint density at radius 2 is 2.07 bits per heavy atom. The molecule has 0 aromatic heterocycles. The molecule has 3 heteroatoms. The van der Waals surface area contributed by atoms with Crippen LogP contribution in [0.15, 0.2) is 18.2 Å². The average Bonchev–Trinajstić information content (AvgIpc) is 2.23. The quantitative estimate of drug-likeness (QED) is 0.561. The fraction of sp³-hybridized carbons (Fsp3) is 0.500. The maximum absolute atomic E-state index is 13.2. The van der Waals surface area contributed by atoms with E-state index >= 15 is 0 Å². The predicted molar refractivity (Wildman–Crippen MR) is 64.3 cm³/mol. The molecule has 0 unspecified atom stereocenters. The van der Waals surface area contributed by atoms with Gasteiger partial charge in [0.25, 0.3) is 0 Å². The number of hydrogen-bond donors (Lipinski definition) is 0. The molecule has 0 saturated heterocycles. The Kier molecular flexibility index (Phi) is 5.69. The number of hydrogen-bond acceptors (Lipinski definition) is 1. The van der Waals surface area contributed by atoms with E-state index in [4.69, 9.17) is 4.74 Å². The lowest BCUT2D eigenvalue weighted by Crippen LogP contribution is -1.99. The fourth-order valence-electron chi connectivity index (χ4n) is 1.28. The highest BCUT2D eigenvalue weighted by molar-refractivity contribution is 9.09. The highest BCUT2D eigenvalue weighted by atomic mass is 79.9. The van der Waals surface area contributed by atoms with Crippen molar-refractivity contribution in [2.24, 2.45) is 0 Å². The number of alkyl halides is 1. The van der Waals surface area contributed by atoms with Crippen LogP contribution in [-0.4, -0.2) is 11.9 Å². The third kappa shape index (κ3) is 4.65. The largest absolute Gasteiger partial charge is 0.491 e. The van der Waals surface area contributed by atoms with Gasteiger partial charge in [-0.15, -0.1) is 0 Å². The summed E-state index contributed by atoms with van der Waals surface area (Å²) < 4.78 is 18.6. The van der Waals surface area contributed by atoms with Gasteiger partial charge in [-0.3, -0.25) is 0 Å². The molecule has 0 radical (unpaired) electrons. The van der Waals surface area contributed by atoms with Crippen LogP contribution in [0.5, 0.6) is 5.75 Å². The first-order valence-corrected chi connectivity index (χ1v) is 6.31. The molecule has 1 aromatic carbocycles. The summed E-state index contributed by atoms with van der Waals surface area (Å²) in [6, 6.07) is 4.93. The van der Waals surface area contributed by atoms with Crippen molar-refractivity contribution >= 4 is 15.9 Å². The monoisotopic (exact) mass is 274 g/mol. The molecule has 0 N–H and O–H groups in total. The summed E-state index contributed by atoms with van der Waals surface area (Å²) in [7, 11) is 0. The van der Waals surface area contributed by atoms with Gasteiger partial charge in [-0.2, -0.15) is 0 Å². The Hall–Kier alpha value is -0.570. The van der Waals surface area contributed by atoms with Gasteiger partial charge in [0.05, 0.1) is 6.61 Å². The van der Waals surface area contributed by atoms with Crippen molar-refractivity contribution in [2.75, 3.05) is 11.9 Å². The smallest absolute Gasteiger partial charge is 0.165 e. The second-order valence-electron chi connectivity index (χ2n) is 3.53. The standard InChI is InChI=1S/C12H16BrFO/c1-10-5-6-11(14)12(9-10)15-8-4-2-3-7-13/h5-6,9H,2-4,7-8H2,1H3. The minimum atomic E-state index is -0.277. The van der Waals surface area contributed by atoms with Crippen LogP contribution < -0.4 is 4.74 Å². The van der Waals surface area contributed by atoms with Crippen LogP contribution in [0.25, 0.3) is 0 Å². The zero-order valence-electron chi connectivity index (χ0n) is 8.93. The van der Waals surface area contributed by atoms with Crippen LogP contribution in [0.1, 0.15) is 24.8 Å². The van der Waals surface area contributed by atoms with Crippen LogP contribution in [-0.2, 0) is 0 Å². The molecule has 1 rings (SSSR count). The summed E-state index contributed by atoms with van der Waals surface area (Å²) in [5.74, 6) is 0.0925. The topological polar surface area (TPSA) is 9.23 Å². The molecule has 0 aliphatic heterocycles. The molecule has 84 valence electrons. The summed E-state index contributed by atoms with van der Waals surface area (Å²) in [6.45, 7) is 2.52. The molecule has 0 heterocycles. The van der Waals surface area contributed by atoms with Crippen molar-refractivity contribution in [2.45, 2.75) is 26.2 Å². The van der Waals surface area contributed by atoms with Gasteiger partial charge in [0.1, 0.15) is 0 Å². The fourth-order valence-corrected chi connectivity index (χ4v) is 1.67. The van der Waals surface area contributed by atoms with E-state index < -0.39 is 0 Å². The number of ether oxygens (including phenoxy) is 1. The van der Waals surface area contributed by atoms with Crippen LogP contribution in [0.2, 0.25) is 0 Å². The predicted octanol–water partition coefficient (Wildman–Crippen LogP) is 4.08. The van der Waals surface area contributed by atoms with Crippen molar-refractivity contribution in [3.63, 3.8) is 0 Å². The molecule has 0 aliphatic rings. The molecule has 0 atom stereocenters. The summed E-state index contributed by atoms with van der Waals surface area (Å²) in [4.78, 5) is 0. The highest BCUT2D eigenvalue weighted by Crippen LogP contribution is 2.18. The molecule has 0 spiro atoms. The van der Waals surface area contributed by atoms with Gasteiger partial charge in [-0.1, -0.05) is 22.0 Å². The van der Waals surface area contributed by atoms with Gasteiger partial charge in [0.15, 0.2) is 11.6 Å². The maximum atomic E-state index is 13.2. The van der Waals surface area contributed by atoms with Crippen molar-refractivity contribution in [3.05, 3.63) is 29.6 Å². The van der Waals surface area contributed by atoms with Crippen LogP contribution >= 0.6 is 15.9 Å². The molecule has 15 heavy (non-hydrogen) atoms. The third-order valence-electron chi connectivity index (χ3n) is 2.12.